The van der Waals surface area contributed by atoms with Crippen LogP contribution in [-0.4, -0.2) is 35.7 Å². The number of hydrogen-bond acceptors (Lipinski definition) is 4. The van der Waals surface area contributed by atoms with E-state index in [0.29, 0.717) is 19.6 Å². The van der Waals surface area contributed by atoms with Gasteiger partial charge in [0.1, 0.15) is 0 Å². The fourth-order valence-electron chi connectivity index (χ4n) is 1.12. The largest absolute Gasteiger partial charge is 0.257 e. The van der Waals surface area contributed by atoms with E-state index < -0.39 is 0 Å². The summed E-state index contributed by atoms with van der Waals surface area (Å²) >= 11 is 0. The smallest absolute Gasteiger partial charge is 0.0668 e. The van der Waals surface area contributed by atoms with Gasteiger partial charge in [0, 0.05) is 0 Å². The third-order valence-corrected chi connectivity index (χ3v) is 1.79. The van der Waals surface area contributed by atoms with Crippen LogP contribution in [0.4, 0.5) is 0 Å². The molecule has 6 heteroatoms. The summed E-state index contributed by atoms with van der Waals surface area (Å²) in [4.78, 5) is 20.2. The second-order valence-corrected chi connectivity index (χ2v) is 2.59. The standard InChI is InChI=1S/C5H10N4O2/c1-5-4-8(6-10)2-3-9(5)7-11/h5H,2-4H2,1H3/t5-/m1/s1. The summed E-state index contributed by atoms with van der Waals surface area (Å²) < 4.78 is 0. The van der Waals surface area contributed by atoms with Gasteiger partial charge in [0.25, 0.3) is 0 Å². The first-order valence-corrected chi connectivity index (χ1v) is 3.46. The Labute approximate surface area is 64.0 Å². The first-order valence-electron chi connectivity index (χ1n) is 3.46. The van der Waals surface area contributed by atoms with Crippen LogP contribution in [0.3, 0.4) is 0 Å². The van der Waals surface area contributed by atoms with Gasteiger partial charge in [-0.3, -0.25) is 10.0 Å². The fraction of sp³-hybridized carbons (Fsp3) is 1.00. The third kappa shape index (κ3) is 1.63. The Balaban J connectivity index is 2.46. The van der Waals surface area contributed by atoms with Crippen molar-refractivity contribution in [3.05, 3.63) is 9.81 Å². The van der Waals surface area contributed by atoms with E-state index in [0.717, 1.165) is 0 Å². The van der Waals surface area contributed by atoms with Gasteiger partial charge < -0.3 is 0 Å². The summed E-state index contributed by atoms with van der Waals surface area (Å²) in [5.41, 5.74) is 0. The SMILES string of the molecule is C[C@@H]1CN(N=O)CCN1N=O. The van der Waals surface area contributed by atoms with E-state index >= 15 is 0 Å². The second kappa shape index (κ2) is 3.27. The lowest BCUT2D eigenvalue weighted by Crippen LogP contribution is -2.47. The predicted octanol–water partition coefficient (Wildman–Crippen LogP) is 0.355. The van der Waals surface area contributed by atoms with E-state index in [4.69, 9.17) is 0 Å². The highest BCUT2D eigenvalue weighted by atomic mass is 16.3. The molecule has 0 N–H and O–H groups in total. The highest BCUT2D eigenvalue weighted by Gasteiger charge is 2.22. The minimum atomic E-state index is -0.0149. The van der Waals surface area contributed by atoms with Crippen LogP contribution in [0, 0.1) is 9.81 Å². The van der Waals surface area contributed by atoms with E-state index in [1.807, 2.05) is 6.92 Å². The maximum atomic E-state index is 10.1. The zero-order valence-corrected chi connectivity index (χ0v) is 6.30. The first kappa shape index (κ1) is 7.90. The molecule has 1 fully saturated rings. The normalized spacial score (nSPS) is 25.0. The molecule has 11 heavy (non-hydrogen) atoms. The average molecular weight is 158 g/mol. The van der Waals surface area contributed by atoms with Gasteiger partial charge in [0.2, 0.25) is 0 Å². The van der Waals surface area contributed by atoms with Crippen molar-refractivity contribution in [3.63, 3.8) is 0 Å². The van der Waals surface area contributed by atoms with E-state index in [1.165, 1.54) is 10.0 Å². The molecule has 0 aliphatic carbocycles. The molecular formula is C5H10N4O2. The second-order valence-electron chi connectivity index (χ2n) is 2.59. The molecule has 1 atom stereocenters. The Morgan fingerprint density at radius 2 is 2.00 bits per heavy atom. The molecule has 0 unspecified atom stereocenters. The Morgan fingerprint density at radius 3 is 2.45 bits per heavy atom. The Kier molecular flexibility index (Phi) is 2.35. The molecule has 1 aliphatic rings. The summed E-state index contributed by atoms with van der Waals surface area (Å²) in [5, 5.41) is 8.40. The Hall–Kier alpha value is -1.20. The molecule has 0 spiro atoms. The number of piperazine rings is 1. The van der Waals surface area contributed by atoms with Crippen molar-refractivity contribution in [3.8, 4) is 0 Å². The van der Waals surface area contributed by atoms with Gasteiger partial charge >= 0.3 is 0 Å². The van der Waals surface area contributed by atoms with E-state index in [2.05, 4.69) is 10.6 Å². The number of nitroso groups, excluding NO2 is 2. The lowest BCUT2D eigenvalue weighted by Gasteiger charge is -2.32. The molecule has 0 radical (unpaired) electrons. The van der Waals surface area contributed by atoms with E-state index in [9.17, 15) is 9.81 Å². The monoisotopic (exact) mass is 158 g/mol. The van der Waals surface area contributed by atoms with Gasteiger partial charge in [0.15, 0.2) is 0 Å². The predicted molar refractivity (Wildman–Crippen MR) is 39.3 cm³/mol. The van der Waals surface area contributed by atoms with Crippen LogP contribution in [-0.2, 0) is 0 Å². The third-order valence-electron chi connectivity index (χ3n) is 1.79. The highest BCUT2D eigenvalue weighted by Crippen LogP contribution is 2.08. The fourth-order valence-corrected chi connectivity index (χ4v) is 1.12. The van der Waals surface area contributed by atoms with Gasteiger partial charge in [-0.1, -0.05) is 0 Å². The van der Waals surface area contributed by atoms with Crippen molar-refractivity contribution in [1.29, 1.82) is 0 Å². The van der Waals surface area contributed by atoms with Crippen molar-refractivity contribution < 1.29 is 0 Å². The van der Waals surface area contributed by atoms with Crippen molar-refractivity contribution in [2.24, 2.45) is 10.6 Å². The van der Waals surface area contributed by atoms with Gasteiger partial charge in [-0.25, -0.2) is 0 Å². The van der Waals surface area contributed by atoms with Crippen molar-refractivity contribution in [1.82, 2.24) is 10.0 Å². The van der Waals surface area contributed by atoms with Crippen molar-refractivity contribution in [2.75, 3.05) is 19.6 Å². The molecule has 1 aliphatic heterocycles. The van der Waals surface area contributed by atoms with Gasteiger partial charge in [-0.05, 0) is 6.92 Å². The molecule has 0 amide bonds. The molecule has 0 saturated carbocycles. The minimum Gasteiger partial charge on any atom is -0.257 e. The lowest BCUT2D eigenvalue weighted by atomic mass is 10.2. The molecule has 0 aromatic heterocycles. The first-order chi connectivity index (χ1) is 5.27. The summed E-state index contributed by atoms with van der Waals surface area (Å²) in [6.07, 6.45) is 0. The molecular weight excluding hydrogens is 148 g/mol. The van der Waals surface area contributed by atoms with Gasteiger partial charge in [0.05, 0.1) is 36.2 Å². The Bertz CT molecular complexity index is 163. The molecule has 0 aromatic rings. The molecule has 6 nitrogen and oxygen atoms in total. The van der Waals surface area contributed by atoms with Crippen molar-refractivity contribution in [2.45, 2.75) is 13.0 Å². The summed E-state index contributed by atoms with van der Waals surface area (Å²) in [6.45, 7) is 3.28. The molecule has 1 rings (SSSR count). The maximum Gasteiger partial charge on any atom is 0.0668 e. The van der Waals surface area contributed by atoms with Crippen LogP contribution in [0.5, 0.6) is 0 Å². The zero-order valence-electron chi connectivity index (χ0n) is 6.30. The summed E-state index contributed by atoms with van der Waals surface area (Å²) in [7, 11) is 0. The van der Waals surface area contributed by atoms with Gasteiger partial charge in [-0.2, -0.15) is 0 Å². The van der Waals surface area contributed by atoms with Crippen LogP contribution >= 0.6 is 0 Å². The van der Waals surface area contributed by atoms with Crippen LogP contribution < -0.4 is 0 Å². The Morgan fingerprint density at radius 1 is 1.27 bits per heavy atom. The lowest BCUT2D eigenvalue weighted by molar-refractivity contribution is 0.0859. The zero-order chi connectivity index (χ0) is 8.27. The topological polar surface area (TPSA) is 65.3 Å². The van der Waals surface area contributed by atoms with Crippen LogP contribution in [0.2, 0.25) is 0 Å². The minimum absolute atomic E-state index is 0.0149. The highest BCUT2D eigenvalue weighted by molar-refractivity contribution is 4.73. The number of hydrogen-bond donors (Lipinski definition) is 0. The van der Waals surface area contributed by atoms with E-state index in [-0.39, 0.29) is 6.04 Å². The maximum absolute atomic E-state index is 10.1. The average Bonchev–Trinajstić information content (AvgIpc) is 2.04. The quantitative estimate of drug-likeness (QED) is 0.544. The molecule has 0 bridgehead atoms. The van der Waals surface area contributed by atoms with Crippen LogP contribution in [0.15, 0.2) is 10.6 Å². The molecule has 0 aromatic carbocycles. The summed E-state index contributed by atoms with van der Waals surface area (Å²) in [6, 6.07) is -0.0149. The van der Waals surface area contributed by atoms with Crippen molar-refractivity contribution >= 4 is 0 Å². The molecule has 62 valence electrons. The van der Waals surface area contributed by atoms with Crippen LogP contribution in [0.25, 0.3) is 0 Å². The van der Waals surface area contributed by atoms with E-state index in [1.54, 1.807) is 0 Å². The summed E-state index contributed by atoms with van der Waals surface area (Å²) in [5.74, 6) is 0. The molecule has 1 heterocycles. The number of rotatable bonds is 2. The van der Waals surface area contributed by atoms with Gasteiger partial charge in [-0.15, -0.1) is 9.81 Å². The number of nitrogens with zero attached hydrogens (tertiary/aromatic N) is 4. The van der Waals surface area contributed by atoms with Crippen LogP contribution in [0.1, 0.15) is 6.92 Å². The molecule has 1 saturated heterocycles.